The molecule has 0 aliphatic heterocycles. The molecule has 2 N–H and O–H groups in total. The molecule has 4 rings (SSSR count). The number of carbonyl (C=O) groups is 1. The summed E-state index contributed by atoms with van der Waals surface area (Å²) in [5, 5.41) is 4.58. The lowest BCUT2D eigenvalue weighted by Gasteiger charge is -2.25. The van der Waals surface area contributed by atoms with E-state index in [2.05, 4.69) is 34.6 Å². The minimum absolute atomic E-state index is 0.147. The Kier molecular flexibility index (Phi) is 6.34. The zero-order valence-corrected chi connectivity index (χ0v) is 17.7. The Hall–Kier alpha value is -3.57. The van der Waals surface area contributed by atoms with E-state index < -0.39 is 6.04 Å². The van der Waals surface area contributed by atoms with E-state index in [1.54, 1.807) is 7.11 Å². The summed E-state index contributed by atoms with van der Waals surface area (Å²) in [5.41, 5.74) is 4.20. The van der Waals surface area contributed by atoms with Gasteiger partial charge in [-0.15, -0.1) is 0 Å². The molecular weight excluding hydrogens is 388 g/mol. The fraction of sp³-hybridized carbons (Fsp3) is 0.192. The average Bonchev–Trinajstić information content (AvgIpc) is 3.24. The van der Waals surface area contributed by atoms with Crippen LogP contribution < -0.4 is 10.1 Å². The second-order valence-electron chi connectivity index (χ2n) is 7.43. The monoisotopic (exact) mass is 414 g/mol. The lowest BCUT2D eigenvalue weighted by atomic mass is 9.96. The number of aromatic nitrogens is 1. The topological polar surface area (TPSA) is 63.4 Å². The number of H-pyrrole nitrogens is 1. The quantitative estimate of drug-likeness (QED) is 0.412. The van der Waals surface area contributed by atoms with E-state index in [0.717, 1.165) is 33.3 Å². The molecule has 158 valence electrons. The predicted molar refractivity (Wildman–Crippen MR) is 122 cm³/mol. The molecule has 0 saturated heterocycles. The highest BCUT2D eigenvalue weighted by molar-refractivity contribution is 5.86. The molecule has 0 bridgehead atoms. The molecule has 0 unspecified atom stereocenters. The third kappa shape index (κ3) is 4.62. The van der Waals surface area contributed by atoms with E-state index >= 15 is 0 Å². The number of nitrogens with one attached hydrogen (secondary N) is 2. The first kappa shape index (κ1) is 20.7. The van der Waals surface area contributed by atoms with Crippen LogP contribution in [0.5, 0.6) is 5.75 Å². The maximum atomic E-state index is 12.8. The zero-order chi connectivity index (χ0) is 21.6. The number of methoxy groups -OCH3 is 2. The molecule has 31 heavy (non-hydrogen) atoms. The molecule has 5 nitrogen and oxygen atoms in total. The Morgan fingerprint density at radius 2 is 1.58 bits per heavy atom. The van der Waals surface area contributed by atoms with Crippen molar-refractivity contribution in [2.75, 3.05) is 14.2 Å². The van der Waals surface area contributed by atoms with Crippen LogP contribution in [0.3, 0.4) is 0 Å². The first-order chi connectivity index (χ1) is 15.2. The second-order valence-corrected chi connectivity index (χ2v) is 7.43. The highest BCUT2D eigenvalue weighted by Gasteiger charge is 2.26. The van der Waals surface area contributed by atoms with Gasteiger partial charge in [-0.1, -0.05) is 60.7 Å². The standard InChI is InChI=1S/C26H26N2O3/c1-30-21-13-14-23-22(16-21)20(17-27-23)15-24(26(29)31-2)28-25(18-9-5-3-6-10-18)19-11-7-4-8-12-19/h3-14,16-17,24-25,27-28H,15H2,1-2H3/t24-/m1/s1. The number of hydrogen-bond donors (Lipinski definition) is 2. The first-order valence-corrected chi connectivity index (χ1v) is 10.3. The Morgan fingerprint density at radius 3 is 2.16 bits per heavy atom. The minimum Gasteiger partial charge on any atom is -0.497 e. The molecule has 0 radical (unpaired) electrons. The fourth-order valence-electron chi connectivity index (χ4n) is 3.90. The van der Waals surface area contributed by atoms with Gasteiger partial charge in [0.1, 0.15) is 11.8 Å². The molecule has 0 spiro atoms. The van der Waals surface area contributed by atoms with Crippen molar-refractivity contribution in [3.8, 4) is 5.75 Å². The number of hydrogen-bond acceptors (Lipinski definition) is 4. The van der Waals surface area contributed by atoms with Crippen molar-refractivity contribution in [1.82, 2.24) is 10.3 Å². The van der Waals surface area contributed by atoms with E-state index in [1.165, 1.54) is 7.11 Å². The van der Waals surface area contributed by atoms with Gasteiger partial charge in [-0.25, -0.2) is 0 Å². The third-order valence-corrected chi connectivity index (χ3v) is 5.52. The molecule has 3 aromatic carbocycles. The van der Waals surface area contributed by atoms with Crippen LogP contribution in [0.2, 0.25) is 0 Å². The van der Waals surface area contributed by atoms with Crippen LogP contribution in [-0.2, 0) is 16.0 Å². The number of fused-ring (bicyclic) bond motifs is 1. The molecule has 0 amide bonds. The Morgan fingerprint density at radius 1 is 0.935 bits per heavy atom. The number of carbonyl (C=O) groups excluding carboxylic acids is 1. The highest BCUT2D eigenvalue weighted by Crippen LogP contribution is 2.27. The molecule has 0 aliphatic carbocycles. The van der Waals surface area contributed by atoms with Crippen LogP contribution in [0.4, 0.5) is 0 Å². The van der Waals surface area contributed by atoms with Crippen molar-refractivity contribution >= 4 is 16.9 Å². The first-order valence-electron chi connectivity index (χ1n) is 10.3. The largest absolute Gasteiger partial charge is 0.497 e. The predicted octanol–water partition coefficient (Wildman–Crippen LogP) is 4.64. The summed E-state index contributed by atoms with van der Waals surface area (Å²) in [7, 11) is 3.08. The Bertz CT molecular complexity index is 1100. The summed E-state index contributed by atoms with van der Waals surface area (Å²) in [6.45, 7) is 0. The number of rotatable bonds is 8. The van der Waals surface area contributed by atoms with Gasteiger partial charge in [0.15, 0.2) is 0 Å². The van der Waals surface area contributed by atoms with Crippen molar-refractivity contribution in [1.29, 1.82) is 0 Å². The molecule has 0 aliphatic rings. The van der Waals surface area contributed by atoms with Gasteiger partial charge in [-0.05, 0) is 34.9 Å². The summed E-state index contributed by atoms with van der Waals surface area (Å²) in [5.74, 6) is 0.483. The summed E-state index contributed by atoms with van der Waals surface area (Å²) < 4.78 is 10.5. The van der Waals surface area contributed by atoms with Crippen LogP contribution in [-0.4, -0.2) is 31.2 Å². The highest BCUT2D eigenvalue weighted by atomic mass is 16.5. The van der Waals surface area contributed by atoms with Crippen molar-refractivity contribution in [3.05, 3.63) is 102 Å². The molecule has 5 heteroatoms. The normalized spacial score (nSPS) is 12.1. The lowest BCUT2D eigenvalue weighted by molar-refractivity contribution is -0.143. The Balaban J connectivity index is 1.68. The van der Waals surface area contributed by atoms with Gasteiger partial charge in [0.25, 0.3) is 0 Å². The number of ether oxygens (including phenoxy) is 2. The SMILES string of the molecule is COC(=O)[C@@H](Cc1c[nH]c2ccc(OC)cc12)NC(c1ccccc1)c1ccccc1. The van der Waals surface area contributed by atoms with Crippen LogP contribution >= 0.6 is 0 Å². The minimum atomic E-state index is -0.527. The van der Waals surface area contributed by atoms with Gasteiger partial charge >= 0.3 is 5.97 Å². The van der Waals surface area contributed by atoms with Crippen LogP contribution in [0.25, 0.3) is 10.9 Å². The number of esters is 1. The molecule has 0 saturated carbocycles. The molecule has 0 fully saturated rings. The van der Waals surface area contributed by atoms with E-state index in [0.29, 0.717) is 6.42 Å². The summed E-state index contributed by atoms with van der Waals surface area (Å²) in [6.07, 6.45) is 2.43. The summed E-state index contributed by atoms with van der Waals surface area (Å²) in [6, 6.07) is 25.5. The number of benzene rings is 3. The van der Waals surface area contributed by atoms with E-state index in [9.17, 15) is 4.79 Å². The maximum absolute atomic E-state index is 12.8. The maximum Gasteiger partial charge on any atom is 0.323 e. The molecule has 1 heterocycles. The lowest BCUT2D eigenvalue weighted by Crippen LogP contribution is -2.42. The Labute approximate surface area is 182 Å². The summed E-state index contributed by atoms with van der Waals surface area (Å²) in [4.78, 5) is 16.1. The molecule has 4 aromatic rings. The van der Waals surface area contributed by atoms with Crippen LogP contribution in [0.15, 0.2) is 85.1 Å². The summed E-state index contributed by atoms with van der Waals surface area (Å²) >= 11 is 0. The second kappa shape index (κ2) is 9.49. The van der Waals surface area contributed by atoms with Crippen molar-refractivity contribution in [2.45, 2.75) is 18.5 Å². The zero-order valence-electron chi connectivity index (χ0n) is 17.7. The number of aromatic amines is 1. The average molecular weight is 415 g/mol. The van der Waals surface area contributed by atoms with E-state index in [1.807, 2.05) is 60.8 Å². The van der Waals surface area contributed by atoms with Gasteiger partial charge in [-0.3, -0.25) is 10.1 Å². The van der Waals surface area contributed by atoms with E-state index in [4.69, 9.17) is 9.47 Å². The molecule has 1 atom stereocenters. The van der Waals surface area contributed by atoms with Gasteiger partial charge in [0.2, 0.25) is 0 Å². The molecular formula is C26H26N2O3. The van der Waals surface area contributed by atoms with Gasteiger partial charge in [0, 0.05) is 23.5 Å². The van der Waals surface area contributed by atoms with Crippen molar-refractivity contribution < 1.29 is 14.3 Å². The van der Waals surface area contributed by atoms with Gasteiger partial charge in [0.05, 0.1) is 20.3 Å². The van der Waals surface area contributed by atoms with Crippen molar-refractivity contribution in [2.24, 2.45) is 0 Å². The van der Waals surface area contributed by atoms with Crippen molar-refractivity contribution in [3.63, 3.8) is 0 Å². The molecule has 1 aromatic heterocycles. The van der Waals surface area contributed by atoms with Crippen LogP contribution in [0.1, 0.15) is 22.7 Å². The smallest absolute Gasteiger partial charge is 0.323 e. The third-order valence-electron chi connectivity index (χ3n) is 5.52. The van der Waals surface area contributed by atoms with E-state index in [-0.39, 0.29) is 12.0 Å². The fourth-order valence-corrected chi connectivity index (χ4v) is 3.90. The van der Waals surface area contributed by atoms with Crippen LogP contribution in [0, 0.1) is 0 Å². The van der Waals surface area contributed by atoms with Gasteiger partial charge < -0.3 is 14.5 Å². The van der Waals surface area contributed by atoms with Gasteiger partial charge in [-0.2, -0.15) is 0 Å².